The Morgan fingerprint density at radius 3 is 2.81 bits per heavy atom. The van der Waals surface area contributed by atoms with Gasteiger partial charge in [-0.05, 0) is 30.7 Å². The van der Waals surface area contributed by atoms with Gasteiger partial charge in [-0.2, -0.15) is 0 Å². The molecule has 0 radical (unpaired) electrons. The van der Waals surface area contributed by atoms with E-state index in [0.717, 1.165) is 11.3 Å². The molecule has 82 valence electrons. The van der Waals surface area contributed by atoms with Crippen LogP contribution in [0.4, 0.5) is 5.82 Å². The lowest BCUT2D eigenvalue weighted by Gasteiger charge is -2.06. The topological polar surface area (TPSA) is 48.1 Å². The molecule has 16 heavy (non-hydrogen) atoms. The van der Waals surface area contributed by atoms with Gasteiger partial charge in [0.25, 0.3) is 0 Å². The van der Waals surface area contributed by atoms with Crippen LogP contribution in [0.2, 0.25) is 0 Å². The highest BCUT2D eigenvalue weighted by molar-refractivity contribution is 5.30. The van der Waals surface area contributed by atoms with Gasteiger partial charge in [-0.1, -0.05) is 18.2 Å². The summed E-state index contributed by atoms with van der Waals surface area (Å²) in [5, 5.41) is 0. The lowest BCUT2D eigenvalue weighted by atomic mass is 10.2. The number of hydrogen-bond acceptors (Lipinski definition) is 3. The SMILES string of the molecule is Cc1cccc(OCc2ccc(N)nc2)c1. The van der Waals surface area contributed by atoms with Gasteiger partial charge in [0.2, 0.25) is 0 Å². The molecule has 0 spiro atoms. The number of nitrogens with zero attached hydrogens (tertiary/aromatic N) is 1. The molecular weight excluding hydrogens is 200 g/mol. The van der Waals surface area contributed by atoms with Crippen molar-refractivity contribution >= 4 is 5.82 Å². The molecule has 0 aliphatic heterocycles. The quantitative estimate of drug-likeness (QED) is 0.854. The molecule has 0 saturated carbocycles. The Morgan fingerprint density at radius 2 is 2.12 bits per heavy atom. The molecule has 1 heterocycles. The van der Waals surface area contributed by atoms with Gasteiger partial charge >= 0.3 is 0 Å². The molecule has 3 heteroatoms. The number of ether oxygens (including phenoxy) is 1. The second-order valence-corrected chi connectivity index (χ2v) is 3.70. The molecule has 0 saturated heterocycles. The third kappa shape index (κ3) is 2.73. The van der Waals surface area contributed by atoms with E-state index in [0.29, 0.717) is 12.4 Å². The van der Waals surface area contributed by atoms with Crippen molar-refractivity contribution in [3.05, 3.63) is 53.7 Å². The lowest BCUT2D eigenvalue weighted by molar-refractivity contribution is 0.305. The maximum Gasteiger partial charge on any atom is 0.123 e. The first-order valence-electron chi connectivity index (χ1n) is 5.14. The van der Waals surface area contributed by atoms with Crippen LogP contribution in [-0.4, -0.2) is 4.98 Å². The van der Waals surface area contributed by atoms with E-state index in [9.17, 15) is 0 Å². The van der Waals surface area contributed by atoms with E-state index in [-0.39, 0.29) is 0 Å². The third-order valence-electron chi connectivity index (χ3n) is 2.24. The minimum atomic E-state index is 0.511. The fourth-order valence-corrected chi connectivity index (χ4v) is 1.39. The van der Waals surface area contributed by atoms with E-state index in [1.807, 2.05) is 37.3 Å². The molecule has 2 N–H and O–H groups in total. The largest absolute Gasteiger partial charge is 0.489 e. The number of hydrogen-bond donors (Lipinski definition) is 1. The number of aryl methyl sites for hydroxylation is 1. The van der Waals surface area contributed by atoms with Crippen LogP contribution in [0.5, 0.6) is 5.75 Å². The summed E-state index contributed by atoms with van der Waals surface area (Å²) in [6.07, 6.45) is 1.73. The summed E-state index contributed by atoms with van der Waals surface area (Å²) in [5.74, 6) is 1.40. The minimum absolute atomic E-state index is 0.511. The van der Waals surface area contributed by atoms with Gasteiger partial charge in [0.15, 0.2) is 0 Å². The number of nitrogens with two attached hydrogens (primary N) is 1. The normalized spacial score (nSPS) is 10.1. The van der Waals surface area contributed by atoms with Crippen molar-refractivity contribution in [2.45, 2.75) is 13.5 Å². The Morgan fingerprint density at radius 1 is 1.25 bits per heavy atom. The Labute approximate surface area is 94.9 Å². The van der Waals surface area contributed by atoms with Gasteiger partial charge in [-0.3, -0.25) is 0 Å². The van der Waals surface area contributed by atoms with Crippen molar-refractivity contribution in [1.29, 1.82) is 0 Å². The van der Waals surface area contributed by atoms with E-state index < -0.39 is 0 Å². The summed E-state index contributed by atoms with van der Waals surface area (Å²) >= 11 is 0. The molecular formula is C13H14N2O. The molecule has 0 fully saturated rings. The van der Waals surface area contributed by atoms with Crippen LogP contribution in [0.25, 0.3) is 0 Å². The molecule has 0 bridgehead atoms. The fraction of sp³-hybridized carbons (Fsp3) is 0.154. The Hall–Kier alpha value is -2.03. The lowest BCUT2D eigenvalue weighted by Crippen LogP contribution is -1.97. The van der Waals surface area contributed by atoms with E-state index in [1.165, 1.54) is 5.56 Å². The number of aromatic nitrogens is 1. The van der Waals surface area contributed by atoms with Crippen molar-refractivity contribution in [2.24, 2.45) is 0 Å². The van der Waals surface area contributed by atoms with Gasteiger partial charge in [0, 0.05) is 11.8 Å². The highest BCUT2D eigenvalue weighted by Crippen LogP contribution is 2.14. The Kier molecular flexibility index (Phi) is 3.05. The minimum Gasteiger partial charge on any atom is -0.489 e. The van der Waals surface area contributed by atoms with Crippen LogP contribution in [0, 0.1) is 6.92 Å². The average Bonchev–Trinajstić information content (AvgIpc) is 2.28. The summed E-state index contributed by atoms with van der Waals surface area (Å²) < 4.78 is 5.63. The van der Waals surface area contributed by atoms with Gasteiger partial charge in [0.1, 0.15) is 18.2 Å². The van der Waals surface area contributed by atoms with Gasteiger partial charge in [0.05, 0.1) is 0 Å². The van der Waals surface area contributed by atoms with E-state index in [2.05, 4.69) is 4.98 Å². The Bertz CT molecular complexity index is 466. The van der Waals surface area contributed by atoms with Crippen molar-refractivity contribution < 1.29 is 4.74 Å². The highest BCUT2D eigenvalue weighted by atomic mass is 16.5. The summed E-state index contributed by atoms with van der Waals surface area (Å²) in [5.41, 5.74) is 7.70. The van der Waals surface area contributed by atoms with E-state index in [1.54, 1.807) is 12.3 Å². The molecule has 3 nitrogen and oxygen atoms in total. The number of anilines is 1. The molecule has 0 unspecified atom stereocenters. The molecule has 0 aliphatic rings. The maximum atomic E-state index is 5.63. The van der Waals surface area contributed by atoms with Crippen LogP contribution < -0.4 is 10.5 Å². The molecule has 1 aromatic carbocycles. The zero-order valence-electron chi connectivity index (χ0n) is 9.18. The van der Waals surface area contributed by atoms with Gasteiger partial charge < -0.3 is 10.5 Å². The molecule has 1 aromatic heterocycles. The predicted octanol–water partition coefficient (Wildman–Crippen LogP) is 2.55. The molecule has 2 aromatic rings. The summed E-state index contributed by atoms with van der Waals surface area (Å²) in [6, 6.07) is 11.7. The van der Waals surface area contributed by atoms with Gasteiger partial charge in [-0.15, -0.1) is 0 Å². The van der Waals surface area contributed by atoms with Crippen LogP contribution >= 0.6 is 0 Å². The zero-order valence-corrected chi connectivity index (χ0v) is 9.18. The number of nitrogen functional groups attached to an aromatic ring is 1. The molecule has 0 amide bonds. The summed E-state index contributed by atoms with van der Waals surface area (Å²) in [6.45, 7) is 2.55. The average molecular weight is 214 g/mol. The zero-order chi connectivity index (χ0) is 11.4. The first kappa shape index (κ1) is 10.5. The van der Waals surface area contributed by atoms with Crippen LogP contribution in [0.15, 0.2) is 42.6 Å². The van der Waals surface area contributed by atoms with Crippen molar-refractivity contribution in [3.8, 4) is 5.75 Å². The Balaban J connectivity index is 1.99. The maximum absolute atomic E-state index is 5.63. The second-order valence-electron chi connectivity index (χ2n) is 3.70. The van der Waals surface area contributed by atoms with Crippen molar-refractivity contribution in [2.75, 3.05) is 5.73 Å². The first-order valence-corrected chi connectivity index (χ1v) is 5.14. The monoisotopic (exact) mass is 214 g/mol. The van der Waals surface area contributed by atoms with Crippen LogP contribution in [-0.2, 0) is 6.61 Å². The predicted molar refractivity (Wildman–Crippen MR) is 64.2 cm³/mol. The van der Waals surface area contributed by atoms with E-state index >= 15 is 0 Å². The van der Waals surface area contributed by atoms with Crippen molar-refractivity contribution in [1.82, 2.24) is 4.98 Å². The third-order valence-corrected chi connectivity index (χ3v) is 2.24. The molecule has 2 rings (SSSR count). The number of rotatable bonds is 3. The summed E-state index contributed by atoms with van der Waals surface area (Å²) in [4.78, 5) is 4.01. The molecule has 0 atom stereocenters. The standard InChI is InChI=1S/C13H14N2O/c1-10-3-2-4-12(7-10)16-9-11-5-6-13(14)15-8-11/h2-8H,9H2,1H3,(H2,14,15). The number of pyridine rings is 1. The number of benzene rings is 1. The highest BCUT2D eigenvalue weighted by Gasteiger charge is 1.96. The summed E-state index contributed by atoms with van der Waals surface area (Å²) in [7, 11) is 0. The van der Waals surface area contributed by atoms with E-state index in [4.69, 9.17) is 10.5 Å². The second kappa shape index (κ2) is 4.66. The smallest absolute Gasteiger partial charge is 0.123 e. The molecule has 0 aliphatic carbocycles. The first-order chi connectivity index (χ1) is 7.74. The van der Waals surface area contributed by atoms with Gasteiger partial charge in [-0.25, -0.2) is 4.98 Å². The van der Waals surface area contributed by atoms with Crippen LogP contribution in [0.3, 0.4) is 0 Å². The fourth-order valence-electron chi connectivity index (χ4n) is 1.39. The van der Waals surface area contributed by atoms with Crippen LogP contribution in [0.1, 0.15) is 11.1 Å². The van der Waals surface area contributed by atoms with Crippen molar-refractivity contribution in [3.63, 3.8) is 0 Å².